The number of aromatic nitrogens is 2. The molecule has 1 aromatic carbocycles. The Balaban J connectivity index is 1.38. The zero-order valence-corrected chi connectivity index (χ0v) is 16.4. The summed E-state index contributed by atoms with van der Waals surface area (Å²) in [7, 11) is 0. The SMILES string of the molecule is Cc1ccccc1-c1nn(CN2CCN(Cc3ccsc3)CC2)c(=S)o1. The summed E-state index contributed by atoms with van der Waals surface area (Å²) < 4.78 is 7.54. The third kappa shape index (κ3) is 3.96. The van der Waals surface area contributed by atoms with Crippen LogP contribution in [0.25, 0.3) is 11.5 Å². The van der Waals surface area contributed by atoms with Gasteiger partial charge in [-0.3, -0.25) is 9.80 Å². The highest BCUT2D eigenvalue weighted by Gasteiger charge is 2.19. The molecule has 0 unspecified atom stereocenters. The van der Waals surface area contributed by atoms with E-state index in [1.54, 1.807) is 16.0 Å². The second kappa shape index (κ2) is 7.84. The third-order valence-corrected chi connectivity index (χ3v) is 5.79. The van der Waals surface area contributed by atoms with Gasteiger partial charge in [-0.1, -0.05) is 18.2 Å². The molecule has 3 aromatic rings. The number of nitrogens with zero attached hydrogens (tertiary/aromatic N) is 4. The average Bonchev–Trinajstić information content (AvgIpc) is 3.27. The van der Waals surface area contributed by atoms with Crippen LogP contribution in [0, 0.1) is 11.8 Å². The number of aryl methyl sites for hydroxylation is 1. The van der Waals surface area contributed by atoms with Crippen molar-refractivity contribution in [3.8, 4) is 11.5 Å². The number of hydrogen-bond acceptors (Lipinski definition) is 6. The zero-order chi connectivity index (χ0) is 17.9. The number of hydrogen-bond donors (Lipinski definition) is 0. The van der Waals surface area contributed by atoms with Crippen LogP contribution < -0.4 is 0 Å². The maximum Gasteiger partial charge on any atom is 0.288 e. The summed E-state index contributed by atoms with van der Waals surface area (Å²) in [5.74, 6) is 0.601. The van der Waals surface area contributed by atoms with Crippen LogP contribution >= 0.6 is 23.6 Å². The molecule has 1 fully saturated rings. The molecule has 0 N–H and O–H groups in total. The van der Waals surface area contributed by atoms with Gasteiger partial charge >= 0.3 is 0 Å². The first kappa shape index (κ1) is 17.6. The van der Waals surface area contributed by atoms with Gasteiger partial charge in [0.25, 0.3) is 4.84 Å². The molecule has 1 saturated heterocycles. The first-order chi connectivity index (χ1) is 12.7. The number of benzene rings is 1. The van der Waals surface area contributed by atoms with Crippen LogP contribution in [0.15, 0.2) is 45.5 Å². The van der Waals surface area contributed by atoms with E-state index in [0.717, 1.165) is 43.9 Å². The summed E-state index contributed by atoms with van der Waals surface area (Å²) in [6.45, 7) is 7.92. The monoisotopic (exact) mass is 386 g/mol. The molecule has 0 amide bonds. The average molecular weight is 387 g/mol. The van der Waals surface area contributed by atoms with E-state index < -0.39 is 0 Å². The lowest BCUT2D eigenvalue weighted by atomic mass is 10.1. The van der Waals surface area contributed by atoms with Gasteiger partial charge in [0.2, 0.25) is 5.89 Å². The van der Waals surface area contributed by atoms with Gasteiger partial charge < -0.3 is 4.42 Å². The lowest BCUT2D eigenvalue weighted by molar-refractivity contribution is 0.0975. The van der Waals surface area contributed by atoms with Crippen molar-refractivity contribution >= 4 is 23.6 Å². The predicted molar refractivity (Wildman–Crippen MR) is 107 cm³/mol. The summed E-state index contributed by atoms with van der Waals surface area (Å²) in [6, 6.07) is 10.3. The minimum absolute atomic E-state index is 0.434. The normalized spacial score (nSPS) is 16.2. The Bertz CT molecular complexity index is 908. The van der Waals surface area contributed by atoms with Crippen molar-refractivity contribution in [3.63, 3.8) is 0 Å². The zero-order valence-electron chi connectivity index (χ0n) is 14.8. The Hall–Kier alpha value is -1.80. The largest absolute Gasteiger partial charge is 0.409 e. The first-order valence-corrected chi connectivity index (χ1v) is 10.1. The molecule has 2 aromatic heterocycles. The van der Waals surface area contributed by atoms with Gasteiger partial charge in [-0.15, -0.1) is 5.10 Å². The van der Waals surface area contributed by atoms with Crippen molar-refractivity contribution in [1.29, 1.82) is 0 Å². The number of piperazine rings is 1. The Morgan fingerprint density at radius 1 is 1.12 bits per heavy atom. The Morgan fingerprint density at radius 2 is 1.88 bits per heavy atom. The fourth-order valence-electron chi connectivity index (χ4n) is 3.24. The van der Waals surface area contributed by atoms with Crippen molar-refractivity contribution < 1.29 is 4.42 Å². The molecule has 0 bridgehead atoms. The van der Waals surface area contributed by atoms with Crippen LogP contribution in [-0.4, -0.2) is 45.8 Å². The van der Waals surface area contributed by atoms with E-state index in [2.05, 4.69) is 44.7 Å². The summed E-state index contributed by atoms with van der Waals surface area (Å²) >= 11 is 7.15. The fraction of sp³-hybridized carbons (Fsp3) is 0.368. The van der Waals surface area contributed by atoms with E-state index in [1.165, 1.54) is 5.56 Å². The van der Waals surface area contributed by atoms with Crippen LogP contribution in [0.5, 0.6) is 0 Å². The highest BCUT2D eigenvalue weighted by molar-refractivity contribution is 7.71. The third-order valence-electron chi connectivity index (χ3n) is 4.77. The van der Waals surface area contributed by atoms with Crippen molar-refractivity contribution in [2.75, 3.05) is 26.2 Å². The van der Waals surface area contributed by atoms with Crippen molar-refractivity contribution in [3.05, 3.63) is 57.1 Å². The van der Waals surface area contributed by atoms with E-state index >= 15 is 0 Å². The highest BCUT2D eigenvalue weighted by Crippen LogP contribution is 2.22. The molecule has 4 rings (SSSR count). The number of rotatable bonds is 5. The van der Waals surface area contributed by atoms with Gasteiger partial charge in [0.05, 0.1) is 6.67 Å². The molecule has 1 aliphatic rings. The molecule has 26 heavy (non-hydrogen) atoms. The summed E-state index contributed by atoms with van der Waals surface area (Å²) in [4.78, 5) is 5.31. The van der Waals surface area contributed by atoms with Crippen LogP contribution in [0.1, 0.15) is 11.1 Å². The van der Waals surface area contributed by atoms with Crippen LogP contribution in [0.3, 0.4) is 0 Å². The van der Waals surface area contributed by atoms with Gasteiger partial charge in [0.15, 0.2) is 0 Å². The van der Waals surface area contributed by atoms with E-state index in [0.29, 0.717) is 17.4 Å². The predicted octanol–water partition coefficient (Wildman–Crippen LogP) is 4.02. The van der Waals surface area contributed by atoms with Crippen molar-refractivity contribution in [2.45, 2.75) is 20.1 Å². The summed E-state index contributed by atoms with van der Waals surface area (Å²) in [5.41, 5.74) is 3.54. The van der Waals surface area contributed by atoms with E-state index in [-0.39, 0.29) is 0 Å². The fourth-order valence-corrected chi connectivity index (χ4v) is 4.07. The Kier molecular flexibility index (Phi) is 5.31. The molecule has 7 heteroatoms. The molecule has 0 radical (unpaired) electrons. The van der Waals surface area contributed by atoms with Crippen LogP contribution in [0.2, 0.25) is 0 Å². The Morgan fingerprint density at radius 3 is 2.62 bits per heavy atom. The van der Waals surface area contributed by atoms with Gasteiger partial charge in [0.1, 0.15) is 0 Å². The summed E-state index contributed by atoms with van der Waals surface area (Å²) in [5, 5.41) is 8.98. The number of thiophene rings is 1. The molecule has 5 nitrogen and oxygen atoms in total. The Labute approximate surface area is 162 Å². The molecule has 1 aliphatic heterocycles. The minimum atomic E-state index is 0.434. The molecule has 3 heterocycles. The quantitative estimate of drug-likeness (QED) is 0.619. The molecular weight excluding hydrogens is 364 g/mol. The topological polar surface area (TPSA) is 37.4 Å². The van der Waals surface area contributed by atoms with Crippen LogP contribution in [-0.2, 0) is 13.2 Å². The lowest BCUT2D eigenvalue weighted by Gasteiger charge is -2.34. The molecule has 136 valence electrons. The molecule has 0 spiro atoms. The smallest absolute Gasteiger partial charge is 0.288 e. The standard InChI is InChI=1S/C19H22N4OS2/c1-15-4-2-3-5-17(15)18-20-23(19(25)24-18)14-22-9-7-21(8-10-22)12-16-6-11-26-13-16/h2-6,11,13H,7-10,12,14H2,1H3. The van der Waals surface area contributed by atoms with Crippen molar-refractivity contribution in [1.82, 2.24) is 19.6 Å². The highest BCUT2D eigenvalue weighted by atomic mass is 32.1. The molecule has 0 saturated carbocycles. The summed E-state index contributed by atoms with van der Waals surface area (Å²) in [6.07, 6.45) is 0. The minimum Gasteiger partial charge on any atom is -0.409 e. The first-order valence-electron chi connectivity index (χ1n) is 8.79. The second-order valence-corrected chi connectivity index (χ2v) is 7.78. The van der Waals surface area contributed by atoms with Gasteiger partial charge in [0, 0.05) is 38.3 Å². The van der Waals surface area contributed by atoms with E-state index in [4.69, 9.17) is 16.6 Å². The maximum absolute atomic E-state index is 5.75. The second-order valence-electron chi connectivity index (χ2n) is 6.65. The van der Waals surface area contributed by atoms with Gasteiger partial charge in [-0.05, 0) is 53.2 Å². The van der Waals surface area contributed by atoms with Crippen LogP contribution in [0.4, 0.5) is 0 Å². The van der Waals surface area contributed by atoms with Gasteiger partial charge in [-0.25, -0.2) is 4.68 Å². The molecular formula is C19H22N4OS2. The lowest BCUT2D eigenvalue weighted by Crippen LogP contribution is -2.46. The molecule has 0 atom stereocenters. The molecule has 0 aliphatic carbocycles. The van der Waals surface area contributed by atoms with E-state index in [1.807, 2.05) is 18.2 Å². The maximum atomic E-state index is 5.75. The van der Waals surface area contributed by atoms with Crippen molar-refractivity contribution in [2.24, 2.45) is 0 Å². The van der Waals surface area contributed by atoms with Gasteiger partial charge in [-0.2, -0.15) is 11.3 Å². The van der Waals surface area contributed by atoms with E-state index in [9.17, 15) is 0 Å².